The molecule has 0 radical (unpaired) electrons. The van der Waals surface area contributed by atoms with Gasteiger partial charge in [-0.1, -0.05) is 19.1 Å². The molecule has 0 aromatic carbocycles. The zero-order valence-electron chi connectivity index (χ0n) is 10.1. The van der Waals surface area contributed by atoms with Crippen molar-refractivity contribution >= 4 is 5.97 Å². The molecule has 16 heavy (non-hydrogen) atoms. The fraction of sp³-hybridized carbons (Fsp3) is 0.462. The van der Waals surface area contributed by atoms with E-state index in [0.717, 1.165) is 0 Å². The van der Waals surface area contributed by atoms with E-state index in [1.165, 1.54) is 7.11 Å². The maximum absolute atomic E-state index is 13.2. The molecular weight excluding hydrogens is 207 g/mol. The number of allylic oxidation sites excluding steroid dienone is 4. The molecule has 0 heterocycles. The van der Waals surface area contributed by atoms with Gasteiger partial charge in [0.2, 0.25) is 0 Å². The Hall–Kier alpha value is -1.56. The van der Waals surface area contributed by atoms with Crippen LogP contribution in [0, 0.1) is 12.8 Å². The molecule has 0 spiro atoms. The van der Waals surface area contributed by atoms with Gasteiger partial charge in [0.25, 0.3) is 0 Å². The molecule has 0 bridgehead atoms. The van der Waals surface area contributed by atoms with Crippen molar-refractivity contribution in [3.05, 3.63) is 23.6 Å². The summed E-state index contributed by atoms with van der Waals surface area (Å²) in [7, 11) is 1.33. The van der Waals surface area contributed by atoms with E-state index in [4.69, 9.17) is 0 Å². The van der Waals surface area contributed by atoms with Gasteiger partial charge in [-0.3, -0.25) is 4.79 Å². The van der Waals surface area contributed by atoms with Crippen LogP contribution in [0.3, 0.4) is 0 Å². The van der Waals surface area contributed by atoms with E-state index in [-0.39, 0.29) is 18.2 Å². The molecule has 2 nitrogen and oxygen atoms in total. The van der Waals surface area contributed by atoms with E-state index in [2.05, 4.69) is 17.6 Å². The number of hydrogen-bond donors (Lipinski definition) is 0. The first-order chi connectivity index (χ1) is 7.65. The molecule has 0 unspecified atom stereocenters. The highest BCUT2D eigenvalue weighted by atomic mass is 19.1. The summed E-state index contributed by atoms with van der Waals surface area (Å²) in [6, 6.07) is 0. The van der Waals surface area contributed by atoms with Crippen LogP contribution >= 0.6 is 0 Å². The first-order valence-corrected chi connectivity index (χ1v) is 5.06. The lowest BCUT2D eigenvalue weighted by atomic mass is 10.1. The van der Waals surface area contributed by atoms with Crippen LogP contribution in [0.15, 0.2) is 23.6 Å². The minimum Gasteiger partial charge on any atom is -0.469 e. The molecule has 0 N–H and O–H groups in total. The molecule has 0 aliphatic carbocycles. The Morgan fingerprint density at radius 1 is 1.38 bits per heavy atom. The monoisotopic (exact) mass is 226 g/mol. The second-order valence-corrected chi connectivity index (χ2v) is 2.86. The van der Waals surface area contributed by atoms with Gasteiger partial charge >= 0.3 is 5.97 Å². The molecule has 0 aromatic heterocycles. The van der Waals surface area contributed by atoms with E-state index in [9.17, 15) is 9.18 Å². The molecule has 0 aromatic rings. The molecule has 0 aliphatic heterocycles. The van der Waals surface area contributed by atoms with Gasteiger partial charge in [-0.2, -0.15) is 0 Å². The van der Waals surface area contributed by atoms with Gasteiger partial charge in [0.05, 0.1) is 7.11 Å². The Morgan fingerprint density at radius 2 is 1.94 bits per heavy atom. The highest BCUT2D eigenvalue weighted by Gasteiger charge is 2.05. The van der Waals surface area contributed by atoms with Gasteiger partial charge in [0.15, 0.2) is 0 Å². The predicted octanol–water partition coefficient (Wildman–Crippen LogP) is 3.40. The van der Waals surface area contributed by atoms with E-state index in [0.29, 0.717) is 18.4 Å². The lowest BCUT2D eigenvalue weighted by Gasteiger charge is -2.03. The van der Waals surface area contributed by atoms with Gasteiger partial charge in [0.1, 0.15) is 5.83 Å². The van der Waals surface area contributed by atoms with Gasteiger partial charge < -0.3 is 4.74 Å². The number of ether oxygens (including phenoxy) is 1. The number of hydrogen-bond acceptors (Lipinski definition) is 2. The number of esters is 1. The van der Waals surface area contributed by atoms with Crippen molar-refractivity contribution in [1.29, 1.82) is 0 Å². The second kappa shape index (κ2) is 11.5. The largest absolute Gasteiger partial charge is 0.469 e. The van der Waals surface area contributed by atoms with Crippen molar-refractivity contribution < 1.29 is 13.9 Å². The third-order valence-electron chi connectivity index (χ3n) is 1.85. The molecule has 0 rings (SSSR count). The van der Waals surface area contributed by atoms with Crippen molar-refractivity contribution in [2.45, 2.75) is 33.1 Å². The lowest BCUT2D eigenvalue weighted by Crippen LogP contribution is -2.00. The summed E-state index contributed by atoms with van der Waals surface area (Å²) in [4.78, 5) is 10.8. The van der Waals surface area contributed by atoms with E-state index in [1.807, 2.05) is 6.92 Å². The van der Waals surface area contributed by atoms with Crippen LogP contribution in [-0.4, -0.2) is 13.1 Å². The van der Waals surface area contributed by atoms with Gasteiger partial charge in [-0.15, -0.1) is 12.8 Å². The van der Waals surface area contributed by atoms with Crippen LogP contribution in [0.2, 0.25) is 0 Å². The minimum absolute atomic E-state index is 0.160. The van der Waals surface area contributed by atoms with Gasteiger partial charge in [0, 0.05) is 6.42 Å². The van der Waals surface area contributed by atoms with Crippen molar-refractivity contribution in [3.63, 3.8) is 0 Å². The highest BCUT2D eigenvalue weighted by molar-refractivity contribution is 5.69. The molecular formula is C13H19FO2. The third-order valence-corrected chi connectivity index (χ3v) is 1.85. The Bertz CT molecular complexity index is 275. The predicted molar refractivity (Wildman–Crippen MR) is 64.4 cm³/mol. The Balaban J connectivity index is 0. The highest BCUT2D eigenvalue weighted by Crippen LogP contribution is 2.17. The third kappa shape index (κ3) is 7.81. The van der Waals surface area contributed by atoms with Gasteiger partial charge in [-0.25, -0.2) is 4.39 Å². The quantitative estimate of drug-likeness (QED) is 0.408. The van der Waals surface area contributed by atoms with Gasteiger partial charge in [-0.05, 0) is 25.3 Å². The number of halogens is 1. The number of carbonyl (C=O) groups is 1. The van der Waals surface area contributed by atoms with Crippen molar-refractivity contribution in [2.24, 2.45) is 0 Å². The topological polar surface area (TPSA) is 26.3 Å². The SMILES string of the molecule is C#C.C/C=C\C(CCC(=O)OC)=C(\F)CC. The Kier molecular flexibility index (Phi) is 12.1. The summed E-state index contributed by atoms with van der Waals surface area (Å²) >= 11 is 0. The number of terminal acetylenes is 1. The van der Waals surface area contributed by atoms with Crippen LogP contribution in [0.1, 0.15) is 33.1 Å². The molecule has 0 fully saturated rings. The zero-order valence-corrected chi connectivity index (χ0v) is 10.1. The summed E-state index contributed by atoms with van der Waals surface area (Å²) in [6.07, 6.45) is 12.4. The Morgan fingerprint density at radius 3 is 2.31 bits per heavy atom. The van der Waals surface area contributed by atoms with Crippen LogP contribution in [0.5, 0.6) is 0 Å². The standard InChI is InChI=1S/C11H17FO2.C2H2/c1-4-6-9(10(12)5-2)7-8-11(13)14-3;1-2/h4,6H,5,7-8H2,1-3H3;1-2H/b6-4-,10-9-;. The molecule has 0 amide bonds. The molecule has 0 saturated carbocycles. The summed E-state index contributed by atoms with van der Waals surface area (Å²) < 4.78 is 17.7. The summed E-state index contributed by atoms with van der Waals surface area (Å²) in [5, 5.41) is 0. The van der Waals surface area contributed by atoms with Crippen molar-refractivity contribution in [3.8, 4) is 12.8 Å². The lowest BCUT2D eigenvalue weighted by molar-refractivity contribution is -0.140. The summed E-state index contributed by atoms with van der Waals surface area (Å²) in [5.41, 5.74) is 0.584. The summed E-state index contributed by atoms with van der Waals surface area (Å²) in [6.45, 7) is 3.57. The number of rotatable bonds is 5. The van der Waals surface area contributed by atoms with Crippen LogP contribution in [0.4, 0.5) is 4.39 Å². The first-order valence-electron chi connectivity index (χ1n) is 5.06. The average Bonchev–Trinajstić information content (AvgIpc) is 2.35. The number of methoxy groups -OCH3 is 1. The number of carbonyl (C=O) groups excluding carboxylic acids is 1. The van der Waals surface area contributed by atoms with E-state index >= 15 is 0 Å². The van der Waals surface area contributed by atoms with Crippen LogP contribution in [0.25, 0.3) is 0 Å². The normalized spacial score (nSPS) is 11.4. The minimum atomic E-state index is -0.309. The van der Waals surface area contributed by atoms with E-state index in [1.54, 1.807) is 19.1 Å². The molecule has 0 atom stereocenters. The van der Waals surface area contributed by atoms with E-state index < -0.39 is 0 Å². The average molecular weight is 226 g/mol. The summed E-state index contributed by atoms with van der Waals surface area (Å²) in [5.74, 6) is -0.470. The zero-order chi connectivity index (χ0) is 13.0. The maximum Gasteiger partial charge on any atom is 0.305 e. The maximum atomic E-state index is 13.2. The fourth-order valence-electron chi connectivity index (χ4n) is 1.08. The molecule has 3 heteroatoms. The second-order valence-electron chi connectivity index (χ2n) is 2.86. The van der Waals surface area contributed by atoms with Crippen LogP contribution < -0.4 is 0 Å². The van der Waals surface area contributed by atoms with Crippen LogP contribution in [-0.2, 0) is 9.53 Å². The molecule has 0 aliphatic rings. The molecule has 90 valence electrons. The Labute approximate surface area is 97.2 Å². The van der Waals surface area contributed by atoms with Crippen molar-refractivity contribution in [1.82, 2.24) is 0 Å². The van der Waals surface area contributed by atoms with Crippen molar-refractivity contribution in [2.75, 3.05) is 7.11 Å². The molecule has 0 saturated heterocycles. The smallest absolute Gasteiger partial charge is 0.305 e. The fourth-order valence-corrected chi connectivity index (χ4v) is 1.08. The first kappa shape index (κ1) is 16.9.